The molecule has 0 fully saturated rings. The molecule has 70 valence electrons. The first kappa shape index (κ1) is 9.29. The van der Waals surface area contributed by atoms with E-state index in [0.29, 0.717) is 0 Å². The van der Waals surface area contributed by atoms with Crippen molar-refractivity contribution in [3.8, 4) is 0 Å². The molecule has 0 amide bonds. The Balaban J connectivity index is 2.62. The van der Waals surface area contributed by atoms with Gasteiger partial charge in [0, 0.05) is 5.03 Å². The van der Waals surface area contributed by atoms with Gasteiger partial charge in [0.15, 0.2) is 0 Å². The highest BCUT2D eigenvalue weighted by molar-refractivity contribution is 6.48. The summed E-state index contributed by atoms with van der Waals surface area (Å²) < 4.78 is 0. The number of hydrogen-bond donors (Lipinski definition) is 0. The highest BCUT2D eigenvalue weighted by atomic mass is 35.5. The molecule has 2 aromatic rings. The first-order chi connectivity index (χ1) is 6.81. The molecule has 0 bridgehead atoms. The third-order valence-corrected chi connectivity index (χ3v) is 2.72. The van der Waals surface area contributed by atoms with Gasteiger partial charge in [0.2, 0.25) is 0 Å². The van der Waals surface area contributed by atoms with Crippen LogP contribution >= 0.6 is 11.6 Å². The van der Waals surface area contributed by atoms with Gasteiger partial charge in [-0.25, -0.2) is 0 Å². The van der Waals surface area contributed by atoms with Crippen molar-refractivity contribution in [1.82, 2.24) is 0 Å². The van der Waals surface area contributed by atoms with Crippen LogP contribution in [-0.4, -0.2) is 0 Å². The summed E-state index contributed by atoms with van der Waals surface area (Å²) in [5, 5.41) is 3.28. The molecule has 0 spiro atoms. The van der Waals surface area contributed by atoms with Gasteiger partial charge in [0.25, 0.3) is 0 Å². The number of hydrogen-bond acceptors (Lipinski definition) is 0. The molecule has 0 aliphatic heterocycles. The monoisotopic (exact) mass is 202 g/mol. The lowest BCUT2D eigenvalue weighted by atomic mass is 10.1. The van der Waals surface area contributed by atoms with Crippen LogP contribution in [0.1, 0.15) is 12.5 Å². The Labute approximate surface area is 88.8 Å². The summed E-state index contributed by atoms with van der Waals surface area (Å²) in [6, 6.07) is 14.5. The van der Waals surface area contributed by atoms with E-state index in [2.05, 4.69) is 24.3 Å². The molecule has 0 heterocycles. The zero-order chi connectivity index (χ0) is 9.97. The van der Waals surface area contributed by atoms with Gasteiger partial charge in [0.05, 0.1) is 0 Å². The molecule has 0 saturated carbocycles. The van der Waals surface area contributed by atoms with Gasteiger partial charge in [-0.15, -0.1) is 0 Å². The summed E-state index contributed by atoms with van der Waals surface area (Å²) in [6.07, 6.45) is 1.91. The smallest absolute Gasteiger partial charge is 0.0435 e. The van der Waals surface area contributed by atoms with E-state index in [1.54, 1.807) is 0 Å². The lowest BCUT2D eigenvalue weighted by molar-refractivity contribution is 1.67. The lowest BCUT2D eigenvalue weighted by Gasteiger charge is -2.01. The maximum absolute atomic E-state index is 6.05. The van der Waals surface area contributed by atoms with E-state index in [0.717, 1.165) is 10.6 Å². The third-order valence-electron chi connectivity index (χ3n) is 2.28. The average Bonchev–Trinajstić information content (AvgIpc) is 2.27. The van der Waals surface area contributed by atoms with Crippen LogP contribution in [-0.2, 0) is 0 Å². The molecular formula is C13H11Cl. The SMILES string of the molecule is C/C=C(/Cl)c1ccc2ccccc2c1. The third kappa shape index (κ3) is 1.66. The maximum Gasteiger partial charge on any atom is 0.0435 e. The van der Waals surface area contributed by atoms with Crippen molar-refractivity contribution in [1.29, 1.82) is 0 Å². The number of fused-ring (bicyclic) bond motifs is 1. The molecule has 14 heavy (non-hydrogen) atoms. The van der Waals surface area contributed by atoms with E-state index in [9.17, 15) is 0 Å². The lowest BCUT2D eigenvalue weighted by Crippen LogP contribution is -1.77. The normalized spacial score (nSPS) is 12.0. The maximum atomic E-state index is 6.05. The van der Waals surface area contributed by atoms with Crippen molar-refractivity contribution in [2.75, 3.05) is 0 Å². The summed E-state index contributed by atoms with van der Waals surface area (Å²) in [6.45, 7) is 1.94. The first-order valence-electron chi connectivity index (χ1n) is 4.62. The Morgan fingerprint density at radius 1 is 1.07 bits per heavy atom. The summed E-state index contributed by atoms with van der Waals surface area (Å²) in [5.41, 5.74) is 1.08. The summed E-state index contributed by atoms with van der Waals surface area (Å²) in [5.74, 6) is 0. The van der Waals surface area contributed by atoms with Crippen molar-refractivity contribution in [2.45, 2.75) is 6.92 Å². The molecule has 0 radical (unpaired) electrons. The van der Waals surface area contributed by atoms with Crippen molar-refractivity contribution >= 4 is 27.4 Å². The van der Waals surface area contributed by atoms with Crippen LogP contribution < -0.4 is 0 Å². The molecule has 1 heteroatoms. The average molecular weight is 203 g/mol. The summed E-state index contributed by atoms with van der Waals surface area (Å²) in [7, 11) is 0. The van der Waals surface area contributed by atoms with Gasteiger partial charge in [-0.1, -0.05) is 54.1 Å². The zero-order valence-electron chi connectivity index (χ0n) is 8.00. The van der Waals surface area contributed by atoms with E-state index in [1.807, 2.05) is 31.2 Å². The topological polar surface area (TPSA) is 0 Å². The van der Waals surface area contributed by atoms with Crippen LogP contribution in [0.15, 0.2) is 48.5 Å². The second-order valence-electron chi connectivity index (χ2n) is 3.20. The molecular weight excluding hydrogens is 192 g/mol. The second kappa shape index (κ2) is 3.85. The molecule has 0 atom stereocenters. The number of benzene rings is 2. The Kier molecular flexibility index (Phi) is 2.55. The molecule has 2 aromatic carbocycles. The predicted molar refractivity (Wildman–Crippen MR) is 63.5 cm³/mol. The number of halogens is 1. The Morgan fingerprint density at radius 2 is 1.79 bits per heavy atom. The van der Waals surface area contributed by atoms with Crippen LogP contribution in [0.2, 0.25) is 0 Å². The van der Waals surface area contributed by atoms with Gasteiger partial charge >= 0.3 is 0 Å². The molecule has 0 saturated heterocycles. The van der Waals surface area contributed by atoms with Gasteiger partial charge in [0.1, 0.15) is 0 Å². The van der Waals surface area contributed by atoms with Gasteiger partial charge in [-0.3, -0.25) is 0 Å². The molecule has 2 rings (SSSR count). The minimum absolute atomic E-state index is 0.802. The van der Waals surface area contributed by atoms with Crippen LogP contribution in [0.4, 0.5) is 0 Å². The van der Waals surface area contributed by atoms with Gasteiger partial charge < -0.3 is 0 Å². The van der Waals surface area contributed by atoms with Crippen LogP contribution in [0, 0.1) is 0 Å². The van der Waals surface area contributed by atoms with E-state index in [-0.39, 0.29) is 0 Å². The van der Waals surface area contributed by atoms with E-state index < -0.39 is 0 Å². The largest absolute Gasteiger partial charge is 0.0840 e. The Morgan fingerprint density at radius 3 is 2.50 bits per heavy atom. The molecule has 0 unspecified atom stereocenters. The van der Waals surface area contributed by atoms with Crippen LogP contribution in [0.5, 0.6) is 0 Å². The van der Waals surface area contributed by atoms with Crippen molar-refractivity contribution < 1.29 is 0 Å². The number of rotatable bonds is 1. The highest BCUT2D eigenvalue weighted by Gasteiger charge is 1.97. The quantitative estimate of drug-likeness (QED) is 0.642. The molecule has 0 aliphatic rings. The predicted octanol–water partition coefficient (Wildman–Crippen LogP) is 4.44. The molecule has 0 N–H and O–H groups in total. The Hall–Kier alpha value is -1.27. The Bertz CT molecular complexity index is 483. The van der Waals surface area contributed by atoms with Crippen LogP contribution in [0.3, 0.4) is 0 Å². The van der Waals surface area contributed by atoms with Gasteiger partial charge in [-0.2, -0.15) is 0 Å². The molecule has 0 aromatic heterocycles. The van der Waals surface area contributed by atoms with Crippen molar-refractivity contribution in [2.24, 2.45) is 0 Å². The van der Waals surface area contributed by atoms with Crippen LogP contribution in [0.25, 0.3) is 15.8 Å². The molecule has 0 nitrogen and oxygen atoms in total. The van der Waals surface area contributed by atoms with Crippen molar-refractivity contribution in [3.05, 3.63) is 54.1 Å². The summed E-state index contributed by atoms with van der Waals surface area (Å²) >= 11 is 6.05. The molecule has 0 aliphatic carbocycles. The number of allylic oxidation sites excluding steroid dienone is 1. The van der Waals surface area contributed by atoms with E-state index >= 15 is 0 Å². The first-order valence-corrected chi connectivity index (χ1v) is 5.00. The van der Waals surface area contributed by atoms with Gasteiger partial charge in [-0.05, 0) is 29.3 Å². The van der Waals surface area contributed by atoms with E-state index in [1.165, 1.54) is 10.8 Å². The summed E-state index contributed by atoms with van der Waals surface area (Å²) in [4.78, 5) is 0. The zero-order valence-corrected chi connectivity index (χ0v) is 8.75. The highest BCUT2D eigenvalue weighted by Crippen LogP contribution is 2.23. The fourth-order valence-corrected chi connectivity index (χ4v) is 1.62. The van der Waals surface area contributed by atoms with E-state index in [4.69, 9.17) is 11.6 Å². The fourth-order valence-electron chi connectivity index (χ4n) is 1.50. The fraction of sp³-hybridized carbons (Fsp3) is 0.0769. The standard InChI is InChI=1S/C13H11Cl/c1-2-13(14)12-8-7-10-5-3-4-6-11(10)9-12/h2-9H,1H3/b13-2+. The minimum Gasteiger partial charge on any atom is -0.0840 e. The second-order valence-corrected chi connectivity index (χ2v) is 3.61. The van der Waals surface area contributed by atoms with Crippen molar-refractivity contribution in [3.63, 3.8) is 0 Å². The minimum atomic E-state index is 0.802.